The van der Waals surface area contributed by atoms with Gasteiger partial charge in [-0.15, -0.1) is 0 Å². The van der Waals surface area contributed by atoms with Crippen LogP contribution in [0, 0.1) is 11.3 Å². The lowest BCUT2D eigenvalue weighted by atomic mass is 9.78. The Labute approximate surface area is 223 Å². The van der Waals surface area contributed by atoms with Crippen LogP contribution in [0.1, 0.15) is 68.7 Å². The van der Waals surface area contributed by atoms with Crippen LogP contribution in [0.4, 0.5) is 5.82 Å². The lowest BCUT2D eigenvalue weighted by Crippen LogP contribution is -2.40. The van der Waals surface area contributed by atoms with Gasteiger partial charge >= 0.3 is 0 Å². The first-order valence-electron chi connectivity index (χ1n) is 13.3. The number of fused-ring (bicyclic) bond motifs is 1. The third-order valence-corrected chi connectivity index (χ3v) is 9.46. The van der Waals surface area contributed by atoms with E-state index in [1.807, 2.05) is 6.92 Å². The summed E-state index contributed by atoms with van der Waals surface area (Å²) in [6, 6.07) is 5.09. The van der Waals surface area contributed by atoms with Crippen LogP contribution in [-0.2, 0) is 9.47 Å². The number of nitrogens with one attached hydrogen (secondary N) is 2. The van der Waals surface area contributed by atoms with Crippen molar-refractivity contribution in [2.45, 2.75) is 69.7 Å². The summed E-state index contributed by atoms with van der Waals surface area (Å²) in [7, 11) is 0. The smallest absolute Gasteiger partial charge is 0.128 e. The summed E-state index contributed by atoms with van der Waals surface area (Å²) in [6.45, 7) is 6.00. The van der Waals surface area contributed by atoms with Crippen molar-refractivity contribution in [3.63, 3.8) is 0 Å². The number of nitrogens with zero attached hydrogens (tertiary/aromatic N) is 3. The van der Waals surface area contributed by atoms with Gasteiger partial charge in [-0.25, -0.2) is 10.4 Å². The quantitative estimate of drug-likeness (QED) is 0.545. The Kier molecular flexibility index (Phi) is 7.14. The fourth-order valence-electron chi connectivity index (χ4n) is 6.66. The van der Waals surface area contributed by atoms with Crippen LogP contribution in [0.15, 0.2) is 30.7 Å². The average Bonchev–Trinajstić information content (AvgIpc) is 3.52. The van der Waals surface area contributed by atoms with Gasteiger partial charge in [0, 0.05) is 49.9 Å². The van der Waals surface area contributed by atoms with E-state index in [9.17, 15) is 0 Å². The summed E-state index contributed by atoms with van der Waals surface area (Å²) < 4.78 is 12.2. The van der Waals surface area contributed by atoms with E-state index in [2.05, 4.69) is 39.1 Å². The van der Waals surface area contributed by atoms with Crippen LogP contribution in [0.5, 0.6) is 0 Å². The van der Waals surface area contributed by atoms with Crippen LogP contribution >= 0.6 is 23.2 Å². The standard InChI is InChI=1S/C27H35Cl2N5O2/c1-17(25-21(28)14-30-15-22(25)29)36-19-3-4-23-20(12-19)26(33-32-23)18-2-5-24(31-13-18)34-9-6-27(7-10-34)8-11-35-16-27/h2,5,13-15,17,19-20,23,26,32-33H,3-4,6-12,16H2,1H3/t17-,19?,20?,23?,26?/m1/s1. The number of anilines is 1. The molecule has 9 heteroatoms. The van der Waals surface area contributed by atoms with Crippen molar-refractivity contribution in [2.75, 3.05) is 31.2 Å². The van der Waals surface area contributed by atoms with E-state index < -0.39 is 0 Å². The number of rotatable bonds is 5. The molecular weight excluding hydrogens is 497 g/mol. The molecule has 3 saturated heterocycles. The third kappa shape index (κ3) is 4.86. The minimum atomic E-state index is -0.184. The number of hydrogen-bond acceptors (Lipinski definition) is 7. The number of hydrazine groups is 1. The number of pyridine rings is 2. The highest BCUT2D eigenvalue weighted by Gasteiger charge is 2.42. The molecule has 36 heavy (non-hydrogen) atoms. The summed E-state index contributed by atoms with van der Waals surface area (Å²) in [5.74, 6) is 1.52. The van der Waals surface area contributed by atoms with Crippen LogP contribution < -0.4 is 15.8 Å². The molecule has 3 aliphatic heterocycles. The highest BCUT2D eigenvalue weighted by Crippen LogP contribution is 2.42. The van der Waals surface area contributed by atoms with Gasteiger partial charge in [0.2, 0.25) is 0 Å². The summed E-state index contributed by atoms with van der Waals surface area (Å²) in [5, 5.41) is 1.11. The SMILES string of the molecule is C[C@@H](OC1CCC2NNC(c3ccc(N4CCC5(CCOC5)CC4)nc3)C2C1)c1c(Cl)cncc1Cl. The molecule has 0 aromatic carbocycles. The molecule has 2 N–H and O–H groups in total. The fraction of sp³-hybridized carbons (Fsp3) is 0.630. The number of hydrogen-bond donors (Lipinski definition) is 2. The Hall–Kier alpha value is -1.48. The molecule has 0 amide bonds. The maximum absolute atomic E-state index is 6.49. The van der Waals surface area contributed by atoms with E-state index in [1.54, 1.807) is 12.4 Å². The summed E-state index contributed by atoms with van der Waals surface area (Å²) in [5.41, 5.74) is 9.54. The highest BCUT2D eigenvalue weighted by atomic mass is 35.5. The molecule has 4 aliphatic rings. The van der Waals surface area contributed by atoms with Crippen LogP contribution in [0.25, 0.3) is 0 Å². The minimum Gasteiger partial charge on any atom is -0.381 e. The molecule has 0 bridgehead atoms. The second kappa shape index (κ2) is 10.4. The molecule has 4 unspecified atom stereocenters. The number of aromatic nitrogens is 2. The second-order valence-electron chi connectivity index (χ2n) is 11.0. The van der Waals surface area contributed by atoms with Gasteiger partial charge in [-0.2, -0.15) is 0 Å². The van der Waals surface area contributed by atoms with Crippen molar-refractivity contribution >= 4 is 29.0 Å². The Morgan fingerprint density at radius 2 is 1.89 bits per heavy atom. The zero-order valence-electron chi connectivity index (χ0n) is 20.8. The third-order valence-electron chi connectivity index (χ3n) is 8.86. The summed E-state index contributed by atoms with van der Waals surface area (Å²) >= 11 is 12.7. The molecule has 0 radical (unpaired) electrons. The van der Waals surface area contributed by atoms with Crippen molar-refractivity contribution in [2.24, 2.45) is 11.3 Å². The molecule has 7 nitrogen and oxygen atoms in total. The van der Waals surface area contributed by atoms with Gasteiger partial charge in [-0.3, -0.25) is 10.4 Å². The topological polar surface area (TPSA) is 71.5 Å². The predicted octanol–water partition coefficient (Wildman–Crippen LogP) is 5.25. The van der Waals surface area contributed by atoms with Crippen molar-refractivity contribution in [3.05, 3.63) is 51.9 Å². The molecule has 2 aromatic heterocycles. The fourth-order valence-corrected chi connectivity index (χ4v) is 7.33. The Morgan fingerprint density at radius 1 is 1.08 bits per heavy atom. The van der Waals surface area contributed by atoms with Gasteiger partial charge in [0.25, 0.3) is 0 Å². The number of piperidine rings is 1. The second-order valence-corrected chi connectivity index (χ2v) is 11.8. The first-order valence-corrected chi connectivity index (χ1v) is 14.0. The van der Waals surface area contributed by atoms with Crippen LogP contribution in [-0.4, -0.2) is 48.4 Å². The largest absolute Gasteiger partial charge is 0.381 e. The van der Waals surface area contributed by atoms with E-state index in [4.69, 9.17) is 37.7 Å². The molecule has 4 fully saturated rings. The monoisotopic (exact) mass is 531 g/mol. The predicted molar refractivity (Wildman–Crippen MR) is 141 cm³/mol. The zero-order valence-corrected chi connectivity index (χ0v) is 22.3. The molecular formula is C27H35Cl2N5O2. The molecule has 5 atom stereocenters. The maximum atomic E-state index is 6.49. The van der Waals surface area contributed by atoms with E-state index >= 15 is 0 Å². The summed E-state index contributed by atoms with van der Waals surface area (Å²) in [6.07, 6.45) is 11.9. The molecule has 2 aromatic rings. The number of ether oxygens (including phenoxy) is 2. The lowest BCUT2D eigenvalue weighted by Gasteiger charge is -2.39. The van der Waals surface area contributed by atoms with E-state index in [0.717, 1.165) is 56.9 Å². The van der Waals surface area contributed by atoms with Gasteiger partial charge in [0.05, 0.1) is 34.9 Å². The highest BCUT2D eigenvalue weighted by molar-refractivity contribution is 6.35. The van der Waals surface area contributed by atoms with E-state index in [1.165, 1.54) is 24.8 Å². The Bertz CT molecular complexity index is 1030. The molecule has 6 rings (SSSR count). The van der Waals surface area contributed by atoms with E-state index in [0.29, 0.717) is 27.4 Å². The first kappa shape index (κ1) is 24.8. The van der Waals surface area contributed by atoms with Crippen LogP contribution in [0.2, 0.25) is 10.0 Å². The van der Waals surface area contributed by atoms with E-state index in [-0.39, 0.29) is 18.2 Å². The van der Waals surface area contributed by atoms with Gasteiger partial charge in [-0.1, -0.05) is 29.3 Å². The molecule has 1 spiro atoms. The van der Waals surface area contributed by atoms with Gasteiger partial charge < -0.3 is 14.4 Å². The lowest BCUT2D eigenvalue weighted by molar-refractivity contribution is -0.0370. The minimum absolute atomic E-state index is 0.151. The molecule has 1 saturated carbocycles. The van der Waals surface area contributed by atoms with Crippen molar-refractivity contribution in [1.29, 1.82) is 0 Å². The van der Waals surface area contributed by atoms with Gasteiger partial charge in [0.15, 0.2) is 0 Å². The van der Waals surface area contributed by atoms with Crippen molar-refractivity contribution < 1.29 is 9.47 Å². The number of halogens is 2. The molecule has 194 valence electrons. The normalized spacial score (nSPS) is 30.5. The first-order chi connectivity index (χ1) is 17.5. The van der Waals surface area contributed by atoms with Crippen molar-refractivity contribution in [3.8, 4) is 0 Å². The Balaban J connectivity index is 1.09. The Morgan fingerprint density at radius 3 is 2.58 bits per heavy atom. The molecule has 5 heterocycles. The van der Waals surface area contributed by atoms with Crippen molar-refractivity contribution in [1.82, 2.24) is 20.8 Å². The van der Waals surface area contributed by atoms with Gasteiger partial charge in [-0.05, 0) is 68.4 Å². The molecule has 1 aliphatic carbocycles. The van der Waals surface area contributed by atoms with Crippen LogP contribution in [0.3, 0.4) is 0 Å². The maximum Gasteiger partial charge on any atom is 0.128 e. The van der Waals surface area contributed by atoms with Gasteiger partial charge in [0.1, 0.15) is 5.82 Å². The summed E-state index contributed by atoms with van der Waals surface area (Å²) in [4.78, 5) is 11.4. The average molecular weight is 533 g/mol. The zero-order chi connectivity index (χ0) is 24.7.